The fourth-order valence-electron chi connectivity index (χ4n) is 2.07. The van der Waals surface area contributed by atoms with Gasteiger partial charge in [-0.05, 0) is 32.1 Å². The van der Waals surface area contributed by atoms with E-state index in [1.807, 2.05) is 48.9 Å². The van der Waals surface area contributed by atoms with Crippen LogP contribution in [0.5, 0.6) is 0 Å². The van der Waals surface area contributed by atoms with Crippen molar-refractivity contribution in [2.45, 2.75) is 13.8 Å². The van der Waals surface area contributed by atoms with Gasteiger partial charge in [0.05, 0.1) is 18.5 Å². The predicted octanol–water partition coefficient (Wildman–Crippen LogP) is 2.52. The molecule has 0 N–H and O–H groups in total. The van der Waals surface area contributed by atoms with Crippen LogP contribution in [0.15, 0.2) is 36.4 Å². The molecule has 1 amide bonds. The highest BCUT2D eigenvalue weighted by Gasteiger charge is 2.11. The molecule has 0 bridgehead atoms. The number of carbonyl (C=O) groups is 1. The number of nitrogens with zero attached hydrogens (tertiary/aromatic N) is 3. The molecule has 1 aromatic carbocycles. The number of carbonyl (C=O) groups excluding carboxylic acids is 1. The third-order valence-corrected chi connectivity index (χ3v) is 3.32. The first kappa shape index (κ1) is 15.0. The Kier molecular flexibility index (Phi) is 4.55. The van der Waals surface area contributed by atoms with Crippen molar-refractivity contribution in [2.75, 3.05) is 14.2 Å². The first-order valence-corrected chi connectivity index (χ1v) is 6.66. The molecule has 5 nitrogen and oxygen atoms in total. The average molecular weight is 285 g/mol. The molecule has 2 rings (SSSR count). The zero-order chi connectivity index (χ0) is 15.4. The van der Waals surface area contributed by atoms with Crippen LogP contribution in [0.3, 0.4) is 0 Å². The molecule has 0 aliphatic carbocycles. The minimum atomic E-state index is -0.219. The maximum Gasteiger partial charge on any atom is 0.269 e. The van der Waals surface area contributed by atoms with Crippen molar-refractivity contribution in [2.24, 2.45) is 0 Å². The molecule has 0 aliphatic rings. The second-order valence-corrected chi connectivity index (χ2v) is 4.68. The molecule has 0 aliphatic heterocycles. The van der Waals surface area contributed by atoms with Crippen molar-refractivity contribution >= 4 is 12.0 Å². The summed E-state index contributed by atoms with van der Waals surface area (Å²) in [6, 6.07) is 9.90. The number of hydrogen-bond donors (Lipinski definition) is 0. The van der Waals surface area contributed by atoms with E-state index in [2.05, 4.69) is 5.10 Å². The van der Waals surface area contributed by atoms with Crippen LogP contribution < -0.4 is 0 Å². The van der Waals surface area contributed by atoms with Crippen molar-refractivity contribution in [1.29, 1.82) is 0 Å². The molecule has 0 saturated carbocycles. The van der Waals surface area contributed by atoms with Gasteiger partial charge in [-0.2, -0.15) is 5.10 Å². The van der Waals surface area contributed by atoms with Crippen molar-refractivity contribution in [3.63, 3.8) is 0 Å². The monoisotopic (exact) mass is 285 g/mol. The smallest absolute Gasteiger partial charge is 0.269 e. The topological polar surface area (TPSA) is 47.4 Å². The second kappa shape index (κ2) is 6.37. The van der Waals surface area contributed by atoms with E-state index in [-0.39, 0.29) is 5.91 Å². The number of likely N-dealkylation sites (N-methyl/N-ethyl adjacent to an activating group) is 1. The fraction of sp³-hybridized carbons (Fsp3) is 0.250. The summed E-state index contributed by atoms with van der Waals surface area (Å²) in [5.74, 6) is -0.219. The molecule has 5 heteroatoms. The van der Waals surface area contributed by atoms with Gasteiger partial charge in [0.2, 0.25) is 0 Å². The summed E-state index contributed by atoms with van der Waals surface area (Å²) >= 11 is 0. The highest BCUT2D eigenvalue weighted by atomic mass is 16.7. The maximum atomic E-state index is 11.7. The van der Waals surface area contributed by atoms with Crippen LogP contribution in [-0.4, -0.2) is 34.9 Å². The molecular formula is C16H19N3O2. The molecule has 21 heavy (non-hydrogen) atoms. The summed E-state index contributed by atoms with van der Waals surface area (Å²) in [5.41, 5.74) is 3.80. The van der Waals surface area contributed by atoms with Crippen molar-refractivity contribution in [3.05, 3.63) is 53.4 Å². The van der Waals surface area contributed by atoms with E-state index in [1.54, 1.807) is 13.1 Å². The van der Waals surface area contributed by atoms with E-state index in [0.717, 1.165) is 22.6 Å². The standard InChI is InChI=1S/C16H19N3O2/c1-12-15(10-11-16(20)18(3)21-4)13(2)19(17-12)14-8-6-5-7-9-14/h5-11H,1-4H3/b11-10+. The van der Waals surface area contributed by atoms with Gasteiger partial charge in [0.25, 0.3) is 5.91 Å². The molecule has 110 valence electrons. The number of aryl methyl sites for hydroxylation is 1. The Morgan fingerprint density at radius 3 is 2.57 bits per heavy atom. The van der Waals surface area contributed by atoms with Crippen LogP contribution in [-0.2, 0) is 9.63 Å². The van der Waals surface area contributed by atoms with Crippen LogP contribution in [0.2, 0.25) is 0 Å². The number of hydroxylamine groups is 2. The number of hydrogen-bond acceptors (Lipinski definition) is 3. The van der Waals surface area contributed by atoms with E-state index < -0.39 is 0 Å². The van der Waals surface area contributed by atoms with E-state index in [1.165, 1.54) is 18.2 Å². The number of aromatic nitrogens is 2. The Morgan fingerprint density at radius 1 is 1.29 bits per heavy atom. The SMILES string of the molecule is CON(C)C(=O)/C=C/c1c(C)nn(-c2ccccc2)c1C. The van der Waals surface area contributed by atoms with Crippen LogP contribution >= 0.6 is 0 Å². The highest BCUT2D eigenvalue weighted by molar-refractivity contribution is 5.91. The fourth-order valence-corrected chi connectivity index (χ4v) is 2.07. The lowest BCUT2D eigenvalue weighted by atomic mass is 10.2. The van der Waals surface area contributed by atoms with E-state index >= 15 is 0 Å². The van der Waals surface area contributed by atoms with Crippen LogP contribution in [0.1, 0.15) is 17.0 Å². The first-order chi connectivity index (χ1) is 10.0. The molecule has 0 radical (unpaired) electrons. The van der Waals surface area contributed by atoms with Gasteiger partial charge < -0.3 is 0 Å². The largest absolute Gasteiger partial charge is 0.274 e. The Balaban J connectivity index is 2.33. The minimum Gasteiger partial charge on any atom is -0.274 e. The Hall–Kier alpha value is -2.40. The molecule has 0 fully saturated rings. The van der Waals surface area contributed by atoms with Gasteiger partial charge in [0, 0.05) is 24.4 Å². The quantitative estimate of drug-likeness (QED) is 0.640. The minimum absolute atomic E-state index is 0.219. The Labute approximate surface area is 124 Å². The highest BCUT2D eigenvalue weighted by Crippen LogP contribution is 2.19. The zero-order valence-corrected chi connectivity index (χ0v) is 12.7. The second-order valence-electron chi connectivity index (χ2n) is 4.68. The van der Waals surface area contributed by atoms with Gasteiger partial charge in [-0.15, -0.1) is 0 Å². The zero-order valence-electron chi connectivity index (χ0n) is 12.7. The van der Waals surface area contributed by atoms with Gasteiger partial charge in [-0.25, -0.2) is 9.75 Å². The predicted molar refractivity (Wildman–Crippen MR) is 81.9 cm³/mol. The molecule has 0 saturated heterocycles. The number of para-hydroxylation sites is 1. The van der Waals surface area contributed by atoms with Crippen molar-refractivity contribution < 1.29 is 9.63 Å². The van der Waals surface area contributed by atoms with Gasteiger partial charge in [-0.3, -0.25) is 9.63 Å². The molecular weight excluding hydrogens is 266 g/mol. The van der Waals surface area contributed by atoms with Crippen molar-refractivity contribution in [3.8, 4) is 5.69 Å². The molecule has 2 aromatic rings. The normalized spacial score (nSPS) is 11.0. The molecule has 1 aromatic heterocycles. The summed E-state index contributed by atoms with van der Waals surface area (Å²) < 4.78 is 1.87. The summed E-state index contributed by atoms with van der Waals surface area (Å²) in [4.78, 5) is 16.6. The molecule has 1 heterocycles. The van der Waals surface area contributed by atoms with Crippen LogP contribution in [0.25, 0.3) is 11.8 Å². The van der Waals surface area contributed by atoms with Gasteiger partial charge in [0.15, 0.2) is 0 Å². The van der Waals surface area contributed by atoms with E-state index in [0.29, 0.717) is 0 Å². The third-order valence-electron chi connectivity index (χ3n) is 3.32. The van der Waals surface area contributed by atoms with Gasteiger partial charge in [-0.1, -0.05) is 18.2 Å². The summed E-state index contributed by atoms with van der Waals surface area (Å²) in [6.45, 7) is 3.91. The maximum absolute atomic E-state index is 11.7. The van der Waals surface area contributed by atoms with E-state index in [4.69, 9.17) is 4.84 Å². The lowest BCUT2D eigenvalue weighted by Crippen LogP contribution is -2.22. The summed E-state index contributed by atoms with van der Waals surface area (Å²) in [7, 11) is 3.02. The molecule has 0 spiro atoms. The summed E-state index contributed by atoms with van der Waals surface area (Å²) in [5, 5.41) is 5.70. The van der Waals surface area contributed by atoms with Gasteiger partial charge in [0.1, 0.15) is 0 Å². The lowest BCUT2D eigenvalue weighted by Gasteiger charge is -2.10. The van der Waals surface area contributed by atoms with Gasteiger partial charge >= 0.3 is 0 Å². The first-order valence-electron chi connectivity index (χ1n) is 6.66. The number of benzene rings is 1. The summed E-state index contributed by atoms with van der Waals surface area (Å²) in [6.07, 6.45) is 3.25. The number of rotatable bonds is 4. The Morgan fingerprint density at radius 2 is 1.95 bits per heavy atom. The van der Waals surface area contributed by atoms with Crippen LogP contribution in [0.4, 0.5) is 0 Å². The average Bonchev–Trinajstić information content (AvgIpc) is 2.79. The van der Waals surface area contributed by atoms with Crippen molar-refractivity contribution in [1.82, 2.24) is 14.8 Å². The Bertz CT molecular complexity index is 660. The lowest BCUT2D eigenvalue weighted by molar-refractivity contribution is -0.162. The third kappa shape index (κ3) is 3.20. The molecule has 0 unspecified atom stereocenters. The number of amides is 1. The van der Waals surface area contributed by atoms with E-state index in [9.17, 15) is 4.79 Å². The molecule has 0 atom stereocenters. The van der Waals surface area contributed by atoms with Crippen LogP contribution in [0, 0.1) is 13.8 Å².